The number of nitrogens with zero attached hydrogens (tertiary/aromatic N) is 6. The maximum absolute atomic E-state index is 4.53. The van der Waals surface area contributed by atoms with Crippen LogP contribution < -0.4 is 0 Å². The van der Waals surface area contributed by atoms with Gasteiger partial charge < -0.3 is 0 Å². The molecule has 0 aliphatic carbocycles. The number of aromatic nitrogens is 6. The van der Waals surface area contributed by atoms with Gasteiger partial charge in [-0.3, -0.25) is 0 Å². The summed E-state index contributed by atoms with van der Waals surface area (Å²) in [6.07, 6.45) is 3.71. The summed E-state index contributed by atoms with van der Waals surface area (Å²) in [6, 6.07) is 12.2. The van der Waals surface area contributed by atoms with Gasteiger partial charge in [0.25, 0.3) is 5.78 Å². The number of aryl methyl sites for hydroxylation is 2. The van der Waals surface area contributed by atoms with Crippen molar-refractivity contribution in [3.05, 3.63) is 65.7 Å². The Hall–Kier alpha value is -2.67. The van der Waals surface area contributed by atoms with Crippen molar-refractivity contribution in [1.82, 2.24) is 29.4 Å². The highest BCUT2D eigenvalue weighted by Gasteiger charge is 2.09. The molecule has 0 radical (unpaired) electrons. The van der Waals surface area contributed by atoms with Crippen molar-refractivity contribution in [3.8, 4) is 5.69 Å². The summed E-state index contributed by atoms with van der Waals surface area (Å²) in [6.45, 7) is 3.98. The quantitative estimate of drug-likeness (QED) is 0.536. The Balaban J connectivity index is 1.55. The van der Waals surface area contributed by atoms with E-state index in [2.05, 4.69) is 32.3 Å². The van der Waals surface area contributed by atoms with E-state index in [1.807, 2.05) is 49.0 Å². The molecule has 0 aliphatic rings. The molecule has 0 fully saturated rings. The van der Waals surface area contributed by atoms with Gasteiger partial charge in [-0.1, -0.05) is 23.9 Å². The van der Waals surface area contributed by atoms with E-state index in [-0.39, 0.29) is 0 Å². The largest absolute Gasteiger partial charge is 0.253 e. The van der Waals surface area contributed by atoms with Crippen molar-refractivity contribution >= 4 is 17.5 Å². The Morgan fingerprint density at radius 3 is 2.83 bits per heavy atom. The van der Waals surface area contributed by atoms with E-state index in [4.69, 9.17) is 0 Å². The molecule has 7 heteroatoms. The molecule has 3 heterocycles. The van der Waals surface area contributed by atoms with Gasteiger partial charge in [-0.05, 0) is 43.7 Å². The van der Waals surface area contributed by atoms with Crippen LogP contribution in [0, 0.1) is 13.8 Å². The number of benzene rings is 1. The molecule has 0 atom stereocenters. The Morgan fingerprint density at radius 2 is 2.00 bits per heavy atom. The molecule has 1 aromatic carbocycles. The predicted octanol–water partition coefficient (Wildman–Crippen LogP) is 3.22. The van der Waals surface area contributed by atoms with E-state index in [0.29, 0.717) is 5.78 Å². The van der Waals surface area contributed by atoms with E-state index in [9.17, 15) is 0 Å². The lowest BCUT2D eigenvalue weighted by atomic mass is 10.2. The van der Waals surface area contributed by atoms with Crippen LogP contribution in [0.15, 0.2) is 53.9 Å². The first-order valence-electron chi connectivity index (χ1n) is 7.62. The monoisotopic (exact) mass is 336 g/mol. The van der Waals surface area contributed by atoms with Gasteiger partial charge in [0.05, 0.1) is 5.69 Å². The van der Waals surface area contributed by atoms with Gasteiger partial charge in [-0.15, -0.1) is 5.10 Å². The second-order valence-electron chi connectivity index (χ2n) is 5.55. The number of thioether (sulfide) groups is 1. The highest BCUT2D eigenvalue weighted by Crippen LogP contribution is 2.21. The van der Waals surface area contributed by atoms with Crippen LogP contribution in [0.1, 0.15) is 17.0 Å². The molecular weight excluding hydrogens is 320 g/mol. The van der Waals surface area contributed by atoms with Crippen LogP contribution >= 0.6 is 11.8 Å². The lowest BCUT2D eigenvalue weighted by Crippen LogP contribution is -1.97. The van der Waals surface area contributed by atoms with Crippen molar-refractivity contribution in [2.75, 3.05) is 0 Å². The smallest absolute Gasteiger partial charge is 0.241 e. The summed E-state index contributed by atoms with van der Waals surface area (Å²) >= 11 is 1.61. The summed E-state index contributed by atoms with van der Waals surface area (Å²) in [7, 11) is 0. The standard InChI is InChI=1S/C17H16N6S/c1-12-9-13(2)23-16(19-12)20-17(21-23)24-11-14-5-3-6-15(10-14)22-8-4-7-18-22/h3-10H,11H2,1-2H3. The topological polar surface area (TPSA) is 60.9 Å². The molecule has 4 aromatic rings. The maximum atomic E-state index is 4.53. The summed E-state index contributed by atoms with van der Waals surface area (Å²) in [4.78, 5) is 8.93. The fourth-order valence-electron chi connectivity index (χ4n) is 2.57. The van der Waals surface area contributed by atoms with E-state index >= 15 is 0 Å². The molecule has 0 N–H and O–H groups in total. The normalized spacial score (nSPS) is 11.2. The molecule has 24 heavy (non-hydrogen) atoms. The molecule has 6 nitrogen and oxygen atoms in total. The molecule has 0 saturated heterocycles. The summed E-state index contributed by atoms with van der Waals surface area (Å²) < 4.78 is 3.64. The highest BCUT2D eigenvalue weighted by atomic mass is 32.2. The van der Waals surface area contributed by atoms with Crippen LogP contribution in [0.5, 0.6) is 0 Å². The predicted molar refractivity (Wildman–Crippen MR) is 93.4 cm³/mol. The number of fused-ring (bicyclic) bond motifs is 1. The van der Waals surface area contributed by atoms with Crippen LogP contribution in [0.4, 0.5) is 0 Å². The van der Waals surface area contributed by atoms with Gasteiger partial charge in [0.15, 0.2) is 0 Å². The van der Waals surface area contributed by atoms with E-state index in [1.54, 1.807) is 22.5 Å². The van der Waals surface area contributed by atoms with Gasteiger partial charge in [0.2, 0.25) is 5.16 Å². The molecule has 4 rings (SSSR count). The summed E-state index contributed by atoms with van der Waals surface area (Å²) in [5, 5.41) is 9.53. The number of hydrogen-bond acceptors (Lipinski definition) is 5. The fraction of sp³-hybridized carbons (Fsp3) is 0.176. The molecule has 0 saturated carbocycles. The van der Waals surface area contributed by atoms with Crippen LogP contribution in [0.2, 0.25) is 0 Å². The SMILES string of the molecule is Cc1cc(C)n2nc(SCc3cccc(-n4cccn4)c3)nc2n1. The van der Waals surface area contributed by atoms with Crippen molar-refractivity contribution in [2.45, 2.75) is 24.8 Å². The third kappa shape index (κ3) is 2.90. The average molecular weight is 336 g/mol. The van der Waals surface area contributed by atoms with Gasteiger partial charge in [-0.25, -0.2) is 14.2 Å². The van der Waals surface area contributed by atoms with Crippen LogP contribution in [0.25, 0.3) is 11.5 Å². The third-order valence-electron chi connectivity index (χ3n) is 3.65. The first-order chi connectivity index (χ1) is 11.7. The van der Waals surface area contributed by atoms with Gasteiger partial charge in [-0.2, -0.15) is 10.1 Å². The lowest BCUT2D eigenvalue weighted by molar-refractivity contribution is 0.843. The van der Waals surface area contributed by atoms with Crippen molar-refractivity contribution in [1.29, 1.82) is 0 Å². The molecule has 0 unspecified atom stereocenters. The van der Waals surface area contributed by atoms with Crippen LogP contribution in [-0.4, -0.2) is 29.4 Å². The van der Waals surface area contributed by atoms with Crippen LogP contribution in [0.3, 0.4) is 0 Å². The average Bonchev–Trinajstić information content (AvgIpc) is 3.23. The highest BCUT2D eigenvalue weighted by molar-refractivity contribution is 7.98. The second-order valence-corrected chi connectivity index (χ2v) is 6.50. The molecule has 0 spiro atoms. The van der Waals surface area contributed by atoms with Gasteiger partial charge in [0.1, 0.15) is 0 Å². The Bertz CT molecular complexity index is 990. The zero-order chi connectivity index (χ0) is 16.5. The van der Waals surface area contributed by atoms with Gasteiger partial charge >= 0.3 is 0 Å². The van der Waals surface area contributed by atoms with E-state index in [0.717, 1.165) is 28.0 Å². The fourth-order valence-corrected chi connectivity index (χ4v) is 3.33. The van der Waals surface area contributed by atoms with E-state index in [1.165, 1.54) is 5.56 Å². The minimum absolute atomic E-state index is 0.653. The minimum Gasteiger partial charge on any atom is -0.241 e. The third-order valence-corrected chi connectivity index (χ3v) is 4.56. The molecular formula is C17H16N6S. The summed E-state index contributed by atoms with van der Waals surface area (Å²) in [5.41, 5.74) is 4.25. The maximum Gasteiger partial charge on any atom is 0.253 e. The zero-order valence-corrected chi connectivity index (χ0v) is 14.2. The lowest BCUT2D eigenvalue weighted by Gasteiger charge is -2.04. The number of rotatable bonds is 4. The van der Waals surface area contributed by atoms with E-state index < -0.39 is 0 Å². The van der Waals surface area contributed by atoms with Crippen molar-refractivity contribution < 1.29 is 0 Å². The molecule has 3 aromatic heterocycles. The van der Waals surface area contributed by atoms with Crippen LogP contribution in [-0.2, 0) is 5.75 Å². The molecule has 0 aliphatic heterocycles. The Labute approximate surface area is 143 Å². The van der Waals surface area contributed by atoms with Crippen molar-refractivity contribution in [2.24, 2.45) is 0 Å². The second kappa shape index (κ2) is 6.09. The van der Waals surface area contributed by atoms with Crippen molar-refractivity contribution in [3.63, 3.8) is 0 Å². The molecule has 120 valence electrons. The first-order valence-corrected chi connectivity index (χ1v) is 8.60. The summed E-state index contributed by atoms with van der Waals surface area (Å²) in [5.74, 6) is 1.45. The van der Waals surface area contributed by atoms with Gasteiger partial charge in [0, 0.05) is 29.5 Å². The number of hydrogen-bond donors (Lipinski definition) is 0. The molecule has 0 bridgehead atoms. The Morgan fingerprint density at radius 1 is 1.08 bits per heavy atom. The zero-order valence-electron chi connectivity index (χ0n) is 13.4. The minimum atomic E-state index is 0.653. The first kappa shape index (κ1) is 14.9. The molecule has 0 amide bonds. The Kier molecular flexibility index (Phi) is 3.78.